The highest BCUT2D eigenvalue weighted by atomic mass is 16.4. The number of amides is 1. The predicted octanol–water partition coefficient (Wildman–Crippen LogP) is 3.08. The molecule has 144 valence electrons. The third-order valence-corrected chi connectivity index (χ3v) is 4.69. The molecule has 0 fully saturated rings. The summed E-state index contributed by atoms with van der Waals surface area (Å²) in [4.78, 5) is 32.3. The van der Waals surface area contributed by atoms with E-state index in [0.29, 0.717) is 11.9 Å². The lowest BCUT2D eigenvalue weighted by Crippen LogP contribution is -2.46. The van der Waals surface area contributed by atoms with Crippen LogP contribution in [0.25, 0.3) is 0 Å². The number of hydrogen-bond donors (Lipinski definition) is 2. The van der Waals surface area contributed by atoms with Crippen molar-refractivity contribution in [2.75, 3.05) is 10.6 Å². The van der Waals surface area contributed by atoms with Crippen LogP contribution in [0.2, 0.25) is 0 Å². The van der Waals surface area contributed by atoms with Gasteiger partial charge in [-0.05, 0) is 55.5 Å². The fourth-order valence-electron chi connectivity index (χ4n) is 3.49. The van der Waals surface area contributed by atoms with Crippen LogP contribution in [0.15, 0.2) is 30.5 Å². The molecule has 1 aliphatic rings. The van der Waals surface area contributed by atoms with Crippen molar-refractivity contribution in [3.05, 3.63) is 47.3 Å². The topological polar surface area (TPSA) is 109 Å². The lowest BCUT2D eigenvalue weighted by Gasteiger charge is -2.40. The summed E-state index contributed by atoms with van der Waals surface area (Å²) in [6.45, 7) is 7.63. The Hall–Kier alpha value is -2.96. The van der Waals surface area contributed by atoms with Crippen molar-refractivity contribution in [1.82, 2.24) is 9.97 Å². The number of nitrogens with two attached hydrogens (primary N) is 1. The Morgan fingerprint density at radius 2 is 2.04 bits per heavy atom. The van der Waals surface area contributed by atoms with Gasteiger partial charge in [-0.15, -0.1) is 0 Å². The molecule has 1 aromatic carbocycles. The number of carboxylic acid groups (broad SMARTS) is 1. The summed E-state index contributed by atoms with van der Waals surface area (Å²) < 4.78 is 0. The number of carbonyl (C=O) groups is 2. The molecule has 3 N–H and O–H groups in total. The fourth-order valence-corrected chi connectivity index (χ4v) is 3.49. The number of nitrogens with zero attached hydrogens (tertiary/aromatic N) is 3. The standard InChI is InChI=1S/C15H19NO3.C5H7N3/c1-4-13-9(2)7-12-8-11(15(18)19)5-6-14(12)16(13)10(3)17;1-4-2-3-7-5(6)8-4/h5-6,8-9,13H,4,7H2,1-3H3,(H,18,19);2-3H,1H3,(H2,6,7,8)/t9?,13-;/m0./s1. The van der Waals surface area contributed by atoms with Gasteiger partial charge in [-0.2, -0.15) is 0 Å². The monoisotopic (exact) mass is 370 g/mol. The van der Waals surface area contributed by atoms with Crippen molar-refractivity contribution in [1.29, 1.82) is 0 Å². The zero-order valence-corrected chi connectivity index (χ0v) is 16.1. The molecule has 0 radical (unpaired) electrons. The number of fused-ring (bicyclic) bond motifs is 1. The molecular formula is C20H26N4O3. The number of aromatic carboxylic acids is 1. The SMILES string of the molecule is CC[C@H]1C(C)Cc2cc(C(=O)O)ccc2N1C(C)=O.Cc1ccnc(N)n1. The van der Waals surface area contributed by atoms with E-state index in [1.54, 1.807) is 37.4 Å². The number of carbonyl (C=O) groups excluding carboxylic acids is 1. The molecule has 1 unspecified atom stereocenters. The molecule has 2 atom stereocenters. The highest BCUT2D eigenvalue weighted by Crippen LogP contribution is 2.35. The van der Waals surface area contributed by atoms with Gasteiger partial charge in [-0.1, -0.05) is 13.8 Å². The van der Waals surface area contributed by atoms with Gasteiger partial charge in [-0.3, -0.25) is 4.79 Å². The first-order chi connectivity index (χ1) is 12.7. The van der Waals surface area contributed by atoms with Gasteiger partial charge in [0.2, 0.25) is 11.9 Å². The van der Waals surface area contributed by atoms with Crippen molar-refractivity contribution in [2.45, 2.75) is 46.6 Å². The first-order valence-corrected chi connectivity index (χ1v) is 8.95. The smallest absolute Gasteiger partial charge is 0.335 e. The lowest BCUT2D eigenvalue weighted by atomic mass is 9.85. The maximum Gasteiger partial charge on any atom is 0.335 e. The Labute approximate surface area is 159 Å². The summed E-state index contributed by atoms with van der Waals surface area (Å²) in [7, 11) is 0. The first kappa shape index (κ1) is 20.4. The van der Waals surface area contributed by atoms with E-state index >= 15 is 0 Å². The predicted molar refractivity (Wildman–Crippen MR) is 105 cm³/mol. The van der Waals surface area contributed by atoms with Crippen molar-refractivity contribution < 1.29 is 14.7 Å². The molecule has 1 amide bonds. The summed E-state index contributed by atoms with van der Waals surface area (Å²) in [5.74, 6) is -0.236. The van der Waals surface area contributed by atoms with Crippen LogP contribution < -0.4 is 10.6 Å². The first-order valence-electron chi connectivity index (χ1n) is 8.95. The average Bonchev–Trinajstić information content (AvgIpc) is 2.60. The van der Waals surface area contributed by atoms with Gasteiger partial charge in [-0.25, -0.2) is 14.8 Å². The quantitative estimate of drug-likeness (QED) is 0.841. The lowest BCUT2D eigenvalue weighted by molar-refractivity contribution is -0.117. The molecule has 3 rings (SSSR count). The minimum absolute atomic E-state index is 0.0164. The third-order valence-electron chi connectivity index (χ3n) is 4.69. The van der Waals surface area contributed by atoms with Gasteiger partial charge in [0.1, 0.15) is 0 Å². The summed E-state index contributed by atoms with van der Waals surface area (Å²) in [6.07, 6.45) is 3.36. The van der Waals surface area contributed by atoms with E-state index in [9.17, 15) is 9.59 Å². The summed E-state index contributed by atoms with van der Waals surface area (Å²) in [5.41, 5.74) is 8.23. The van der Waals surface area contributed by atoms with Crippen LogP contribution in [0.1, 0.15) is 48.8 Å². The molecule has 7 heteroatoms. The van der Waals surface area contributed by atoms with Crippen molar-refractivity contribution >= 4 is 23.5 Å². The van der Waals surface area contributed by atoms with E-state index < -0.39 is 5.97 Å². The maximum atomic E-state index is 11.9. The summed E-state index contributed by atoms with van der Waals surface area (Å²) in [5, 5.41) is 9.04. The number of rotatable bonds is 2. The number of aromatic nitrogens is 2. The molecular weight excluding hydrogens is 344 g/mol. The van der Waals surface area contributed by atoms with E-state index in [1.165, 1.54) is 0 Å². The molecule has 0 saturated heterocycles. The summed E-state index contributed by atoms with van der Waals surface area (Å²) >= 11 is 0. The van der Waals surface area contributed by atoms with Crippen molar-refractivity contribution in [3.63, 3.8) is 0 Å². The van der Waals surface area contributed by atoms with Crippen LogP contribution in [0.4, 0.5) is 11.6 Å². The Morgan fingerprint density at radius 3 is 2.52 bits per heavy atom. The van der Waals surface area contributed by atoms with Gasteiger partial charge in [0.25, 0.3) is 0 Å². The van der Waals surface area contributed by atoms with Crippen molar-refractivity contribution in [3.8, 4) is 0 Å². The van der Waals surface area contributed by atoms with Gasteiger partial charge < -0.3 is 15.7 Å². The summed E-state index contributed by atoms with van der Waals surface area (Å²) in [6, 6.07) is 7.02. The van der Waals surface area contributed by atoms with E-state index in [2.05, 4.69) is 23.8 Å². The number of nitrogen functional groups attached to an aromatic ring is 1. The van der Waals surface area contributed by atoms with E-state index in [1.807, 2.05) is 11.8 Å². The molecule has 2 heterocycles. The molecule has 0 spiro atoms. The average molecular weight is 370 g/mol. The largest absolute Gasteiger partial charge is 0.478 e. The van der Waals surface area contributed by atoms with Crippen LogP contribution >= 0.6 is 0 Å². The van der Waals surface area contributed by atoms with Crippen LogP contribution in [0.5, 0.6) is 0 Å². The molecule has 0 saturated carbocycles. The minimum atomic E-state index is -0.928. The van der Waals surface area contributed by atoms with Gasteiger partial charge in [0, 0.05) is 30.5 Å². The van der Waals surface area contributed by atoms with Crippen LogP contribution in [0.3, 0.4) is 0 Å². The minimum Gasteiger partial charge on any atom is -0.478 e. The highest BCUT2D eigenvalue weighted by molar-refractivity contribution is 5.95. The number of aryl methyl sites for hydroxylation is 1. The van der Waals surface area contributed by atoms with Crippen molar-refractivity contribution in [2.24, 2.45) is 5.92 Å². The Morgan fingerprint density at radius 1 is 1.33 bits per heavy atom. The molecule has 1 aromatic heterocycles. The number of hydrogen-bond acceptors (Lipinski definition) is 5. The number of carboxylic acids is 1. The van der Waals surface area contributed by atoms with E-state index in [0.717, 1.165) is 29.8 Å². The second-order valence-electron chi connectivity index (χ2n) is 6.75. The Balaban J connectivity index is 0.000000273. The van der Waals surface area contributed by atoms with E-state index in [4.69, 9.17) is 10.8 Å². The van der Waals surface area contributed by atoms with Gasteiger partial charge in [0.15, 0.2) is 0 Å². The Kier molecular flexibility index (Phi) is 6.50. The molecule has 27 heavy (non-hydrogen) atoms. The normalized spacial score (nSPS) is 18.1. The highest BCUT2D eigenvalue weighted by Gasteiger charge is 2.33. The van der Waals surface area contributed by atoms with E-state index in [-0.39, 0.29) is 17.5 Å². The maximum absolute atomic E-state index is 11.9. The molecule has 1 aliphatic heterocycles. The third kappa shape index (κ3) is 4.81. The molecule has 0 bridgehead atoms. The zero-order chi connectivity index (χ0) is 20.1. The number of anilines is 2. The second kappa shape index (κ2) is 8.62. The zero-order valence-electron chi connectivity index (χ0n) is 16.1. The van der Waals surface area contributed by atoms with Crippen LogP contribution in [0, 0.1) is 12.8 Å². The molecule has 7 nitrogen and oxygen atoms in total. The fraction of sp³-hybridized carbons (Fsp3) is 0.400. The van der Waals surface area contributed by atoms with Gasteiger partial charge in [0.05, 0.1) is 5.56 Å². The second-order valence-corrected chi connectivity index (χ2v) is 6.75. The van der Waals surface area contributed by atoms with Crippen LogP contribution in [-0.2, 0) is 11.2 Å². The Bertz CT molecular complexity index is 820. The van der Waals surface area contributed by atoms with Gasteiger partial charge >= 0.3 is 5.97 Å². The van der Waals surface area contributed by atoms with Crippen LogP contribution in [-0.4, -0.2) is 33.0 Å². The molecule has 2 aromatic rings. The molecule has 0 aliphatic carbocycles. The number of benzene rings is 1.